The molecule has 0 aliphatic carbocycles. The molecule has 0 atom stereocenters. The number of nitrogens with one attached hydrogen (secondary N) is 2. The van der Waals surface area contributed by atoms with Crippen LogP contribution in [0, 0.1) is 6.92 Å². The Morgan fingerprint density at radius 2 is 2.06 bits per heavy atom. The molecule has 0 aliphatic rings. The highest BCUT2D eigenvalue weighted by atomic mass is 16.1. The molecule has 0 aliphatic heterocycles. The van der Waals surface area contributed by atoms with E-state index in [1.807, 2.05) is 31.2 Å². The fraction of sp³-hybridized carbons (Fsp3) is 0.231. The Balaban J connectivity index is 1.83. The van der Waals surface area contributed by atoms with Gasteiger partial charge in [-0.2, -0.15) is 5.10 Å². The zero-order valence-corrected chi connectivity index (χ0v) is 9.73. The van der Waals surface area contributed by atoms with E-state index < -0.39 is 0 Å². The lowest BCUT2D eigenvalue weighted by Gasteiger charge is -2.04. The molecule has 2 N–H and O–H groups in total. The molecule has 1 amide bonds. The summed E-state index contributed by atoms with van der Waals surface area (Å²) in [6.45, 7) is 2.55. The molecule has 2 rings (SSSR count). The van der Waals surface area contributed by atoms with Crippen LogP contribution in [-0.4, -0.2) is 16.1 Å². The predicted molar refractivity (Wildman–Crippen MR) is 65.3 cm³/mol. The third-order valence-electron chi connectivity index (χ3n) is 2.53. The monoisotopic (exact) mass is 229 g/mol. The van der Waals surface area contributed by atoms with Crippen LogP contribution in [0.1, 0.15) is 16.7 Å². The van der Waals surface area contributed by atoms with Crippen LogP contribution in [0.4, 0.5) is 0 Å². The largest absolute Gasteiger partial charge is 0.352 e. The Hall–Kier alpha value is -2.10. The van der Waals surface area contributed by atoms with Crippen molar-refractivity contribution in [3.8, 4) is 0 Å². The summed E-state index contributed by atoms with van der Waals surface area (Å²) in [5.74, 6) is 0.0232. The molecule has 0 bridgehead atoms. The van der Waals surface area contributed by atoms with Gasteiger partial charge >= 0.3 is 0 Å². The molecule has 0 spiro atoms. The predicted octanol–water partition coefficient (Wildman–Crippen LogP) is 1.58. The van der Waals surface area contributed by atoms with Crippen molar-refractivity contribution >= 4 is 5.91 Å². The number of amides is 1. The van der Waals surface area contributed by atoms with Crippen molar-refractivity contribution in [1.29, 1.82) is 0 Å². The lowest BCUT2D eigenvalue weighted by molar-refractivity contribution is -0.120. The third-order valence-corrected chi connectivity index (χ3v) is 2.53. The first-order chi connectivity index (χ1) is 8.24. The summed E-state index contributed by atoms with van der Waals surface area (Å²) in [5, 5.41) is 9.37. The molecule has 0 fully saturated rings. The number of carbonyl (C=O) groups excluding carboxylic acids is 1. The lowest BCUT2D eigenvalue weighted by atomic mass is 10.1. The number of rotatable bonds is 4. The minimum Gasteiger partial charge on any atom is -0.352 e. The fourth-order valence-corrected chi connectivity index (χ4v) is 1.53. The maximum atomic E-state index is 11.7. The highest BCUT2D eigenvalue weighted by molar-refractivity contribution is 5.78. The highest BCUT2D eigenvalue weighted by Gasteiger charge is 2.03. The zero-order chi connectivity index (χ0) is 12.1. The zero-order valence-electron chi connectivity index (χ0n) is 9.73. The molecule has 0 radical (unpaired) electrons. The van der Waals surface area contributed by atoms with Gasteiger partial charge in [-0.3, -0.25) is 9.89 Å². The SMILES string of the molecule is Cc1ccc(CC(=O)NCc2cn[nH]c2)cc1. The standard InChI is InChI=1S/C13H15N3O/c1-10-2-4-11(5-3-10)6-13(17)14-7-12-8-15-16-9-12/h2-5,8-9H,6-7H2,1H3,(H,14,17)(H,15,16). The van der Waals surface area contributed by atoms with Crippen LogP contribution < -0.4 is 5.32 Å². The number of H-pyrrole nitrogens is 1. The average Bonchev–Trinajstić information content (AvgIpc) is 2.83. The van der Waals surface area contributed by atoms with E-state index in [1.165, 1.54) is 5.56 Å². The van der Waals surface area contributed by atoms with Crippen LogP contribution in [0.5, 0.6) is 0 Å². The minimum atomic E-state index is 0.0232. The van der Waals surface area contributed by atoms with E-state index >= 15 is 0 Å². The second-order valence-corrected chi connectivity index (χ2v) is 4.05. The van der Waals surface area contributed by atoms with Crippen LogP contribution in [0.25, 0.3) is 0 Å². The Kier molecular flexibility index (Phi) is 3.55. The Labute approximate surface area is 100 Å². The van der Waals surface area contributed by atoms with Gasteiger partial charge in [-0.15, -0.1) is 0 Å². The van der Waals surface area contributed by atoms with E-state index in [-0.39, 0.29) is 5.91 Å². The number of aromatic nitrogens is 2. The van der Waals surface area contributed by atoms with Gasteiger partial charge in [-0.1, -0.05) is 29.8 Å². The van der Waals surface area contributed by atoms with Crippen molar-refractivity contribution < 1.29 is 4.79 Å². The average molecular weight is 229 g/mol. The Morgan fingerprint density at radius 3 is 2.71 bits per heavy atom. The van der Waals surface area contributed by atoms with E-state index in [0.717, 1.165) is 11.1 Å². The molecule has 4 heteroatoms. The molecular formula is C13H15N3O. The van der Waals surface area contributed by atoms with Gasteiger partial charge in [0.05, 0.1) is 12.6 Å². The molecule has 0 saturated heterocycles. The maximum Gasteiger partial charge on any atom is 0.224 e. The molecule has 17 heavy (non-hydrogen) atoms. The van der Waals surface area contributed by atoms with Crippen LogP contribution >= 0.6 is 0 Å². The van der Waals surface area contributed by atoms with Crippen LogP contribution in [0.3, 0.4) is 0 Å². The minimum absolute atomic E-state index is 0.0232. The van der Waals surface area contributed by atoms with Gasteiger partial charge in [0.2, 0.25) is 5.91 Å². The van der Waals surface area contributed by atoms with E-state index in [1.54, 1.807) is 12.4 Å². The normalized spacial score (nSPS) is 10.2. The molecule has 1 heterocycles. The topological polar surface area (TPSA) is 57.8 Å². The van der Waals surface area contributed by atoms with Crippen molar-refractivity contribution in [2.45, 2.75) is 19.9 Å². The van der Waals surface area contributed by atoms with Gasteiger partial charge in [0.15, 0.2) is 0 Å². The number of benzene rings is 1. The molecule has 1 aromatic heterocycles. The van der Waals surface area contributed by atoms with Crippen molar-refractivity contribution in [3.63, 3.8) is 0 Å². The van der Waals surface area contributed by atoms with Crippen molar-refractivity contribution in [2.24, 2.45) is 0 Å². The first-order valence-electron chi connectivity index (χ1n) is 5.54. The number of aromatic amines is 1. The first-order valence-corrected chi connectivity index (χ1v) is 5.54. The first kappa shape index (κ1) is 11.4. The number of nitrogens with zero attached hydrogens (tertiary/aromatic N) is 1. The van der Waals surface area contributed by atoms with Gasteiger partial charge in [0, 0.05) is 18.3 Å². The Bertz CT molecular complexity index is 474. The summed E-state index contributed by atoms with van der Waals surface area (Å²) in [5.41, 5.74) is 3.20. The van der Waals surface area contributed by atoms with Gasteiger partial charge in [-0.25, -0.2) is 0 Å². The molecular weight excluding hydrogens is 214 g/mol. The molecule has 1 aromatic carbocycles. The summed E-state index contributed by atoms with van der Waals surface area (Å²) in [6.07, 6.45) is 3.89. The van der Waals surface area contributed by atoms with Gasteiger partial charge in [0.25, 0.3) is 0 Å². The van der Waals surface area contributed by atoms with Crippen LogP contribution in [0.15, 0.2) is 36.7 Å². The Morgan fingerprint density at radius 1 is 1.29 bits per heavy atom. The smallest absolute Gasteiger partial charge is 0.224 e. The van der Waals surface area contributed by atoms with E-state index in [4.69, 9.17) is 0 Å². The third kappa shape index (κ3) is 3.45. The van der Waals surface area contributed by atoms with Crippen LogP contribution in [-0.2, 0) is 17.8 Å². The van der Waals surface area contributed by atoms with Crippen LogP contribution in [0.2, 0.25) is 0 Å². The maximum absolute atomic E-state index is 11.7. The van der Waals surface area contributed by atoms with Crippen molar-refractivity contribution in [1.82, 2.24) is 15.5 Å². The number of hydrogen-bond acceptors (Lipinski definition) is 2. The highest BCUT2D eigenvalue weighted by Crippen LogP contribution is 2.04. The molecule has 0 saturated carbocycles. The fourth-order valence-electron chi connectivity index (χ4n) is 1.53. The van der Waals surface area contributed by atoms with Gasteiger partial charge in [-0.05, 0) is 12.5 Å². The second kappa shape index (κ2) is 5.30. The van der Waals surface area contributed by atoms with Gasteiger partial charge in [0.1, 0.15) is 0 Å². The summed E-state index contributed by atoms with van der Waals surface area (Å²) < 4.78 is 0. The van der Waals surface area contributed by atoms with Gasteiger partial charge < -0.3 is 5.32 Å². The van der Waals surface area contributed by atoms with Crippen molar-refractivity contribution in [2.75, 3.05) is 0 Å². The summed E-state index contributed by atoms with van der Waals surface area (Å²) in [4.78, 5) is 11.7. The molecule has 0 unspecified atom stereocenters. The lowest BCUT2D eigenvalue weighted by Crippen LogP contribution is -2.24. The molecule has 4 nitrogen and oxygen atoms in total. The molecule has 2 aromatic rings. The number of hydrogen-bond donors (Lipinski definition) is 2. The number of aryl methyl sites for hydroxylation is 1. The quantitative estimate of drug-likeness (QED) is 0.836. The second-order valence-electron chi connectivity index (χ2n) is 4.05. The van der Waals surface area contributed by atoms with E-state index in [9.17, 15) is 4.79 Å². The van der Waals surface area contributed by atoms with E-state index in [2.05, 4.69) is 15.5 Å². The van der Waals surface area contributed by atoms with Crippen molar-refractivity contribution in [3.05, 3.63) is 53.3 Å². The summed E-state index contributed by atoms with van der Waals surface area (Å²) in [6, 6.07) is 7.98. The van der Waals surface area contributed by atoms with E-state index in [0.29, 0.717) is 13.0 Å². The number of carbonyl (C=O) groups is 1. The molecule has 88 valence electrons. The summed E-state index contributed by atoms with van der Waals surface area (Å²) >= 11 is 0. The summed E-state index contributed by atoms with van der Waals surface area (Å²) in [7, 11) is 0.